The van der Waals surface area contributed by atoms with Gasteiger partial charge in [-0.25, -0.2) is 4.68 Å². The molecule has 1 aromatic heterocycles. The maximum atomic E-state index is 10.5. The van der Waals surface area contributed by atoms with Crippen LogP contribution in [0.2, 0.25) is 5.15 Å². The molecule has 1 aliphatic carbocycles. The summed E-state index contributed by atoms with van der Waals surface area (Å²) in [7, 11) is 0. The van der Waals surface area contributed by atoms with Crippen molar-refractivity contribution >= 4 is 17.3 Å². The second-order valence-electron chi connectivity index (χ2n) is 3.68. The average molecular weight is 232 g/mol. The first-order chi connectivity index (χ1) is 7.04. The molecule has 0 aliphatic heterocycles. The van der Waals surface area contributed by atoms with E-state index in [9.17, 15) is 15.2 Å². The summed E-state index contributed by atoms with van der Waals surface area (Å²) in [6.07, 6.45) is 3.89. The van der Waals surface area contributed by atoms with Crippen LogP contribution in [0.15, 0.2) is 6.20 Å². The number of halogens is 1. The zero-order chi connectivity index (χ0) is 11.1. The molecule has 0 amide bonds. The Balaban J connectivity index is 2.41. The van der Waals surface area contributed by atoms with Crippen molar-refractivity contribution in [3.63, 3.8) is 0 Å². The zero-order valence-corrected chi connectivity index (χ0v) is 8.65. The Hall–Kier alpha value is -1.14. The van der Waals surface area contributed by atoms with Crippen molar-refractivity contribution in [2.75, 3.05) is 0 Å². The van der Waals surface area contributed by atoms with Crippen LogP contribution in [0.4, 0.5) is 5.69 Å². The zero-order valence-electron chi connectivity index (χ0n) is 7.89. The number of hydrogen-bond donors (Lipinski definition) is 1. The smallest absolute Gasteiger partial charge is 0.325 e. The van der Waals surface area contributed by atoms with Gasteiger partial charge in [-0.15, -0.1) is 0 Å². The van der Waals surface area contributed by atoms with Gasteiger partial charge in [-0.1, -0.05) is 11.6 Å². The van der Waals surface area contributed by atoms with E-state index in [0.717, 1.165) is 23.7 Å². The molecule has 1 fully saturated rings. The molecule has 6 nitrogen and oxygen atoms in total. The average Bonchev–Trinajstić information content (AvgIpc) is 2.72. The van der Waals surface area contributed by atoms with Gasteiger partial charge in [0.1, 0.15) is 6.20 Å². The predicted molar refractivity (Wildman–Crippen MR) is 52.6 cm³/mol. The topological polar surface area (TPSA) is 81.2 Å². The number of hydrogen-bond acceptors (Lipinski definition) is 4. The summed E-state index contributed by atoms with van der Waals surface area (Å²) < 4.78 is 1.15. The third-order valence-electron chi connectivity index (χ3n) is 2.69. The quantitative estimate of drug-likeness (QED) is 0.620. The number of aromatic nitrogens is 2. The van der Waals surface area contributed by atoms with Gasteiger partial charge in [0.05, 0.1) is 4.92 Å². The van der Waals surface area contributed by atoms with E-state index in [-0.39, 0.29) is 10.8 Å². The Morgan fingerprint density at radius 1 is 1.60 bits per heavy atom. The lowest BCUT2D eigenvalue weighted by molar-refractivity contribution is -0.384. The Kier molecular flexibility index (Phi) is 2.40. The molecule has 7 heteroatoms. The van der Waals surface area contributed by atoms with E-state index in [4.69, 9.17) is 11.6 Å². The summed E-state index contributed by atoms with van der Waals surface area (Å²) in [5, 5.41) is 24.3. The molecule has 82 valence electrons. The van der Waals surface area contributed by atoms with Crippen LogP contribution in [0.1, 0.15) is 25.7 Å². The normalized spacial score (nSPS) is 19.3. The summed E-state index contributed by atoms with van der Waals surface area (Å²) in [4.78, 5) is 9.93. The Morgan fingerprint density at radius 2 is 2.20 bits per heavy atom. The lowest BCUT2D eigenvalue weighted by Crippen LogP contribution is -2.30. The molecule has 0 bridgehead atoms. The van der Waals surface area contributed by atoms with Gasteiger partial charge in [0.15, 0.2) is 5.72 Å². The van der Waals surface area contributed by atoms with Crippen LogP contribution >= 0.6 is 11.6 Å². The minimum atomic E-state index is -1.15. The lowest BCUT2D eigenvalue weighted by atomic mass is 10.2. The molecule has 0 atom stereocenters. The Labute approximate surface area is 90.6 Å². The second kappa shape index (κ2) is 3.46. The largest absolute Gasteiger partial charge is 0.369 e. The van der Waals surface area contributed by atoms with Crippen LogP contribution in [0.3, 0.4) is 0 Å². The fourth-order valence-corrected chi connectivity index (χ4v) is 2.21. The highest BCUT2D eigenvalue weighted by Gasteiger charge is 2.37. The van der Waals surface area contributed by atoms with E-state index in [1.807, 2.05) is 0 Å². The Bertz CT molecular complexity index is 398. The minimum absolute atomic E-state index is 0.107. The van der Waals surface area contributed by atoms with E-state index >= 15 is 0 Å². The molecule has 1 aromatic rings. The van der Waals surface area contributed by atoms with Crippen LogP contribution in [-0.2, 0) is 5.72 Å². The molecule has 0 spiro atoms. The molecule has 1 saturated carbocycles. The van der Waals surface area contributed by atoms with Crippen LogP contribution in [0.5, 0.6) is 0 Å². The highest BCUT2D eigenvalue weighted by atomic mass is 35.5. The Morgan fingerprint density at radius 3 is 2.67 bits per heavy atom. The van der Waals surface area contributed by atoms with Crippen LogP contribution < -0.4 is 0 Å². The third kappa shape index (κ3) is 1.59. The maximum Gasteiger partial charge on any atom is 0.325 e. The van der Waals surface area contributed by atoms with Crippen molar-refractivity contribution in [2.45, 2.75) is 31.4 Å². The molecular formula is C8H10ClN3O3. The van der Waals surface area contributed by atoms with Gasteiger partial charge in [-0.2, -0.15) is 5.10 Å². The van der Waals surface area contributed by atoms with E-state index < -0.39 is 10.6 Å². The highest BCUT2D eigenvalue weighted by molar-refractivity contribution is 6.31. The number of aliphatic hydroxyl groups is 1. The second-order valence-corrected chi connectivity index (χ2v) is 4.04. The van der Waals surface area contributed by atoms with Gasteiger partial charge in [0.25, 0.3) is 0 Å². The van der Waals surface area contributed by atoms with Crippen molar-refractivity contribution in [1.29, 1.82) is 0 Å². The van der Waals surface area contributed by atoms with Gasteiger partial charge < -0.3 is 5.11 Å². The maximum absolute atomic E-state index is 10.5. The molecule has 0 unspecified atom stereocenters. The fourth-order valence-electron chi connectivity index (χ4n) is 1.89. The molecule has 2 rings (SSSR count). The van der Waals surface area contributed by atoms with Gasteiger partial charge in [0, 0.05) is 0 Å². The van der Waals surface area contributed by atoms with Crippen molar-refractivity contribution < 1.29 is 10.0 Å². The van der Waals surface area contributed by atoms with Crippen molar-refractivity contribution in [3.8, 4) is 0 Å². The first kappa shape index (κ1) is 10.4. The lowest BCUT2D eigenvalue weighted by Gasteiger charge is -2.22. The van der Waals surface area contributed by atoms with Crippen molar-refractivity contribution in [2.24, 2.45) is 0 Å². The summed E-state index contributed by atoms with van der Waals surface area (Å²) >= 11 is 5.79. The third-order valence-corrected chi connectivity index (χ3v) is 3.04. The van der Waals surface area contributed by atoms with E-state index in [1.54, 1.807) is 0 Å². The van der Waals surface area contributed by atoms with Gasteiger partial charge in [-0.3, -0.25) is 10.1 Å². The summed E-state index contributed by atoms with van der Waals surface area (Å²) in [5.41, 5.74) is -1.41. The molecule has 1 heterocycles. The van der Waals surface area contributed by atoms with Gasteiger partial charge in [0.2, 0.25) is 5.15 Å². The highest BCUT2D eigenvalue weighted by Crippen LogP contribution is 2.37. The number of rotatable bonds is 2. The van der Waals surface area contributed by atoms with E-state index in [0.29, 0.717) is 12.8 Å². The fraction of sp³-hybridized carbons (Fsp3) is 0.625. The predicted octanol–water partition coefficient (Wildman–Crippen LogP) is 1.66. The van der Waals surface area contributed by atoms with Crippen molar-refractivity contribution in [3.05, 3.63) is 21.5 Å². The van der Waals surface area contributed by atoms with Crippen LogP contribution in [0.25, 0.3) is 0 Å². The monoisotopic (exact) mass is 231 g/mol. The first-order valence-electron chi connectivity index (χ1n) is 4.65. The molecule has 15 heavy (non-hydrogen) atoms. The summed E-state index contributed by atoms with van der Waals surface area (Å²) in [6, 6.07) is 0. The van der Waals surface area contributed by atoms with Gasteiger partial charge >= 0.3 is 5.69 Å². The molecular weight excluding hydrogens is 222 g/mol. The first-order valence-corrected chi connectivity index (χ1v) is 5.03. The number of nitrogens with zero attached hydrogens (tertiary/aromatic N) is 3. The van der Waals surface area contributed by atoms with E-state index in [2.05, 4.69) is 5.10 Å². The SMILES string of the molecule is O=[N+]([O-])c1cnn(C2(O)CCCC2)c1Cl. The van der Waals surface area contributed by atoms with Crippen LogP contribution in [-0.4, -0.2) is 19.8 Å². The molecule has 1 aliphatic rings. The summed E-state index contributed by atoms with van der Waals surface area (Å²) in [5.74, 6) is 0. The molecule has 1 N–H and O–H groups in total. The van der Waals surface area contributed by atoms with E-state index in [1.165, 1.54) is 0 Å². The number of nitro groups is 1. The summed E-state index contributed by atoms with van der Waals surface area (Å²) in [6.45, 7) is 0. The standard InChI is InChI=1S/C8H10ClN3O3/c9-7-6(12(14)15)5-10-11(7)8(13)3-1-2-4-8/h5,13H,1-4H2. The molecule has 0 saturated heterocycles. The van der Waals surface area contributed by atoms with Gasteiger partial charge in [-0.05, 0) is 25.7 Å². The molecule has 0 radical (unpaired) electrons. The minimum Gasteiger partial charge on any atom is -0.369 e. The van der Waals surface area contributed by atoms with Crippen molar-refractivity contribution in [1.82, 2.24) is 9.78 Å². The molecule has 0 aromatic carbocycles. The van der Waals surface area contributed by atoms with Crippen LogP contribution in [0, 0.1) is 10.1 Å².